The second-order valence-electron chi connectivity index (χ2n) is 6.40. The lowest BCUT2D eigenvalue weighted by Gasteiger charge is -2.37. The molecule has 2 aliphatic rings. The highest BCUT2D eigenvalue weighted by molar-refractivity contribution is 4.86. The third-order valence-electron chi connectivity index (χ3n) is 4.36. The van der Waals surface area contributed by atoms with Crippen LogP contribution in [0.5, 0.6) is 0 Å². The monoisotopic (exact) mass is 224 g/mol. The van der Waals surface area contributed by atoms with Gasteiger partial charge < -0.3 is 11.1 Å². The zero-order valence-corrected chi connectivity index (χ0v) is 10.9. The van der Waals surface area contributed by atoms with E-state index in [1.165, 1.54) is 44.9 Å². The average molecular weight is 224 g/mol. The fraction of sp³-hybridized carbons (Fsp3) is 1.00. The van der Waals surface area contributed by atoms with E-state index in [1.54, 1.807) is 0 Å². The number of hydrogen-bond donors (Lipinski definition) is 2. The maximum atomic E-state index is 6.04. The summed E-state index contributed by atoms with van der Waals surface area (Å²) in [6, 6.07) is 1.91. The summed E-state index contributed by atoms with van der Waals surface area (Å²) < 4.78 is 0. The highest BCUT2D eigenvalue weighted by Gasteiger charge is 2.27. The summed E-state index contributed by atoms with van der Waals surface area (Å²) in [7, 11) is 0. The summed E-state index contributed by atoms with van der Waals surface area (Å²) in [6.07, 6.45) is 9.24. The second kappa shape index (κ2) is 5.50. The van der Waals surface area contributed by atoms with Gasteiger partial charge in [0.1, 0.15) is 0 Å². The van der Waals surface area contributed by atoms with Crippen LogP contribution in [0, 0.1) is 11.8 Å². The SMILES string of the molecule is CC1CC(C)CC(NC2CCCC(N)C2)C1. The molecule has 2 fully saturated rings. The van der Waals surface area contributed by atoms with E-state index >= 15 is 0 Å². The van der Waals surface area contributed by atoms with Gasteiger partial charge >= 0.3 is 0 Å². The van der Waals surface area contributed by atoms with Crippen molar-refractivity contribution in [1.29, 1.82) is 0 Å². The molecule has 4 atom stereocenters. The number of nitrogens with two attached hydrogens (primary N) is 1. The zero-order valence-electron chi connectivity index (χ0n) is 10.9. The highest BCUT2D eigenvalue weighted by atomic mass is 15.0. The van der Waals surface area contributed by atoms with Gasteiger partial charge in [-0.3, -0.25) is 0 Å². The third kappa shape index (κ3) is 3.46. The normalized spacial score (nSPS) is 45.6. The van der Waals surface area contributed by atoms with E-state index in [0.29, 0.717) is 12.1 Å². The van der Waals surface area contributed by atoms with Gasteiger partial charge in [0, 0.05) is 18.1 Å². The fourth-order valence-electron chi connectivity index (χ4n) is 3.80. The topological polar surface area (TPSA) is 38.0 Å². The van der Waals surface area contributed by atoms with Gasteiger partial charge in [0.15, 0.2) is 0 Å². The minimum absolute atomic E-state index is 0.449. The van der Waals surface area contributed by atoms with E-state index in [-0.39, 0.29) is 0 Å². The fourth-order valence-corrected chi connectivity index (χ4v) is 3.80. The van der Waals surface area contributed by atoms with Crippen LogP contribution in [0.25, 0.3) is 0 Å². The molecule has 3 N–H and O–H groups in total. The van der Waals surface area contributed by atoms with Crippen molar-refractivity contribution in [3.8, 4) is 0 Å². The summed E-state index contributed by atoms with van der Waals surface area (Å²) in [5.74, 6) is 1.80. The summed E-state index contributed by atoms with van der Waals surface area (Å²) in [6.45, 7) is 4.80. The first-order chi connectivity index (χ1) is 7.63. The molecule has 16 heavy (non-hydrogen) atoms. The summed E-state index contributed by atoms with van der Waals surface area (Å²) >= 11 is 0. The molecule has 0 radical (unpaired) electrons. The molecule has 0 aromatic carbocycles. The summed E-state index contributed by atoms with van der Waals surface area (Å²) in [5, 5.41) is 3.87. The van der Waals surface area contributed by atoms with Gasteiger partial charge in [0.2, 0.25) is 0 Å². The molecule has 2 nitrogen and oxygen atoms in total. The van der Waals surface area contributed by atoms with Crippen molar-refractivity contribution in [2.75, 3.05) is 0 Å². The molecule has 0 heterocycles. The van der Waals surface area contributed by atoms with E-state index in [4.69, 9.17) is 5.73 Å². The predicted molar refractivity (Wildman–Crippen MR) is 69.3 cm³/mol. The quantitative estimate of drug-likeness (QED) is 0.757. The maximum Gasteiger partial charge on any atom is 0.00843 e. The zero-order chi connectivity index (χ0) is 11.5. The lowest BCUT2D eigenvalue weighted by molar-refractivity contribution is 0.207. The number of nitrogens with one attached hydrogen (secondary N) is 1. The molecule has 2 aliphatic carbocycles. The molecule has 2 saturated carbocycles. The van der Waals surface area contributed by atoms with Gasteiger partial charge in [0.05, 0.1) is 0 Å². The number of rotatable bonds is 2. The molecule has 0 aliphatic heterocycles. The van der Waals surface area contributed by atoms with Crippen molar-refractivity contribution < 1.29 is 0 Å². The lowest BCUT2D eigenvalue weighted by atomic mass is 9.79. The van der Waals surface area contributed by atoms with Gasteiger partial charge in [0.25, 0.3) is 0 Å². The molecule has 0 saturated heterocycles. The molecule has 4 unspecified atom stereocenters. The minimum atomic E-state index is 0.449. The molecular formula is C14H28N2. The van der Waals surface area contributed by atoms with Gasteiger partial charge in [-0.15, -0.1) is 0 Å². The van der Waals surface area contributed by atoms with Crippen LogP contribution in [-0.4, -0.2) is 18.1 Å². The Kier molecular flexibility index (Phi) is 4.26. The Hall–Kier alpha value is -0.0800. The Balaban J connectivity index is 1.79. The molecule has 94 valence electrons. The predicted octanol–water partition coefficient (Wildman–Crippen LogP) is 2.67. The van der Waals surface area contributed by atoms with E-state index in [0.717, 1.165) is 17.9 Å². The van der Waals surface area contributed by atoms with Crippen molar-refractivity contribution in [2.45, 2.75) is 76.9 Å². The second-order valence-corrected chi connectivity index (χ2v) is 6.40. The molecule has 0 amide bonds. The Bertz CT molecular complexity index is 207. The smallest absolute Gasteiger partial charge is 0.00843 e. The van der Waals surface area contributed by atoms with Crippen molar-refractivity contribution >= 4 is 0 Å². The maximum absolute atomic E-state index is 6.04. The van der Waals surface area contributed by atoms with E-state index in [1.807, 2.05) is 0 Å². The number of hydrogen-bond acceptors (Lipinski definition) is 2. The first-order valence-corrected chi connectivity index (χ1v) is 7.15. The van der Waals surface area contributed by atoms with E-state index < -0.39 is 0 Å². The van der Waals surface area contributed by atoms with Gasteiger partial charge in [-0.2, -0.15) is 0 Å². The lowest BCUT2D eigenvalue weighted by Crippen LogP contribution is -2.46. The van der Waals surface area contributed by atoms with Crippen LogP contribution in [0.3, 0.4) is 0 Å². The van der Waals surface area contributed by atoms with Crippen molar-refractivity contribution in [1.82, 2.24) is 5.32 Å². The Labute approximate surface area is 100 Å². The molecular weight excluding hydrogens is 196 g/mol. The van der Waals surface area contributed by atoms with Crippen molar-refractivity contribution in [3.05, 3.63) is 0 Å². The van der Waals surface area contributed by atoms with Crippen LogP contribution in [0.2, 0.25) is 0 Å². The Morgan fingerprint density at radius 1 is 0.875 bits per heavy atom. The molecule has 0 aromatic heterocycles. The van der Waals surface area contributed by atoms with Crippen LogP contribution in [-0.2, 0) is 0 Å². The molecule has 2 rings (SSSR count). The molecule has 0 aromatic rings. The van der Waals surface area contributed by atoms with E-state index in [9.17, 15) is 0 Å². The van der Waals surface area contributed by atoms with Crippen molar-refractivity contribution in [3.63, 3.8) is 0 Å². The largest absolute Gasteiger partial charge is 0.328 e. The first-order valence-electron chi connectivity index (χ1n) is 7.15. The summed E-state index contributed by atoms with van der Waals surface area (Å²) in [5.41, 5.74) is 6.04. The minimum Gasteiger partial charge on any atom is -0.328 e. The molecule has 0 spiro atoms. The average Bonchev–Trinajstić information content (AvgIpc) is 2.15. The Morgan fingerprint density at radius 3 is 2.19 bits per heavy atom. The van der Waals surface area contributed by atoms with Crippen LogP contribution in [0.4, 0.5) is 0 Å². The van der Waals surface area contributed by atoms with Crippen LogP contribution < -0.4 is 11.1 Å². The first kappa shape index (κ1) is 12.4. The summed E-state index contributed by atoms with van der Waals surface area (Å²) in [4.78, 5) is 0. The van der Waals surface area contributed by atoms with Crippen molar-refractivity contribution in [2.24, 2.45) is 17.6 Å². The third-order valence-corrected chi connectivity index (χ3v) is 4.36. The van der Waals surface area contributed by atoms with Gasteiger partial charge in [-0.25, -0.2) is 0 Å². The Morgan fingerprint density at radius 2 is 1.56 bits per heavy atom. The molecule has 0 bridgehead atoms. The van der Waals surface area contributed by atoms with Crippen LogP contribution in [0.1, 0.15) is 58.8 Å². The van der Waals surface area contributed by atoms with Crippen LogP contribution >= 0.6 is 0 Å². The van der Waals surface area contributed by atoms with Gasteiger partial charge in [-0.05, 0) is 50.4 Å². The van der Waals surface area contributed by atoms with Gasteiger partial charge in [-0.1, -0.05) is 20.3 Å². The standard InChI is InChI=1S/C14H28N2/c1-10-6-11(2)8-14(7-10)16-13-5-3-4-12(15)9-13/h10-14,16H,3-9,15H2,1-2H3. The van der Waals surface area contributed by atoms with Crippen LogP contribution in [0.15, 0.2) is 0 Å². The van der Waals surface area contributed by atoms with E-state index in [2.05, 4.69) is 19.2 Å². The highest BCUT2D eigenvalue weighted by Crippen LogP contribution is 2.29. The molecule has 2 heteroatoms.